The van der Waals surface area contributed by atoms with Gasteiger partial charge in [0.1, 0.15) is 17.7 Å². The summed E-state index contributed by atoms with van der Waals surface area (Å²) in [6, 6.07) is 16.6. The zero-order valence-corrected chi connectivity index (χ0v) is 27.7. The number of benzene rings is 2. The summed E-state index contributed by atoms with van der Waals surface area (Å²) in [7, 11) is 0. The number of likely N-dealkylation sites (tertiary alicyclic amines) is 1. The lowest BCUT2D eigenvalue weighted by Crippen LogP contribution is -2.54. The Morgan fingerprint density at radius 3 is 2.36 bits per heavy atom. The van der Waals surface area contributed by atoms with E-state index in [1.54, 1.807) is 6.07 Å². The highest BCUT2D eigenvalue weighted by Crippen LogP contribution is 2.45. The maximum atomic E-state index is 14.6. The molecule has 0 aliphatic carbocycles. The topological polar surface area (TPSA) is 70.5 Å². The first-order valence-corrected chi connectivity index (χ1v) is 17.0. The van der Waals surface area contributed by atoms with Crippen molar-refractivity contribution in [2.45, 2.75) is 116 Å². The van der Waals surface area contributed by atoms with Crippen LogP contribution in [0.1, 0.15) is 96.5 Å². The lowest BCUT2D eigenvalue weighted by atomic mass is 9.70. The summed E-state index contributed by atoms with van der Waals surface area (Å²) >= 11 is 0. The van der Waals surface area contributed by atoms with Gasteiger partial charge in [0.25, 0.3) is 0 Å². The maximum absolute atomic E-state index is 14.6. The number of carbonyl (C=O) groups is 2. The van der Waals surface area contributed by atoms with Crippen LogP contribution in [-0.2, 0) is 15.0 Å². The number of imidazole rings is 1. The molecule has 3 aliphatic rings. The van der Waals surface area contributed by atoms with Gasteiger partial charge in [0.15, 0.2) is 0 Å². The minimum Gasteiger partial charge on any atom is -0.344 e. The Kier molecular flexibility index (Phi) is 8.81. The Hall–Kier alpha value is -3.26. The Labute approximate surface area is 267 Å². The standard InChI is InChI=1S/C37H50FN5O2/c1-6-31(40-35(45)36(3,4)5)34(44)41-19-16-37(17-20-41,26-10-9-11-27(38)22-26)18-21-42-28-14-15-29(42)24-30(23-28)43-25(2)39-32-12-7-8-13-33(32)43/h7-13,22,28-31H,6,14-21,23-24H2,1-5H3,(H,40,45)/t28-,29+,30+,31-/m0/s1. The fourth-order valence-corrected chi connectivity index (χ4v) is 8.38. The minimum atomic E-state index is -0.554. The van der Waals surface area contributed by atoms with Crippen LogP contribution in [0.4, 0.5) is 4.39 Å². The van der Waals surface area contributed by atoms with Crippen LogP contribution in [0.15, 0.2) is 48.5 Å². The van der Waals surface area contributed by atoms with Gasteiger partial charge >= 0.3 is 0 Å². The number of halogens is 1. The van der Waals surface area contributed by atoms with Gasteiger partial charge in [-0.3, -0.25) is 14.5 Å². The lowest BCUT2D eigenvalue weighted by Gasteiger charge is -2.46. The largest absolute Gasteiger partial charge is 0.344 e. The van der Waals surface area contributed by atoms with Gasteiger partial charge in [0.05, 0.1) is 11.0 Å². The summed E-state index contributed by atoms with van der Waals surface area (Å²) in [5, 5.41) is 2.98. The molecule has 8 heteroatoms. The third kappa shape index (κ3) is 6.27. The predicted octanol–water partition coefficient (Wildman–Crippen LogP) is 6.54. The van der Waals surface area contributed by atoms with E-state index >= 15 is 0 Å². The van der Waals surface area contributed by atoms with Crippen molar-refractivity contribution in [2.75, 3.05) is 19.6 Å². The molecular weight excluding hydrogens is 565 g/mol. The van der Waals surface area contributed by atoms with Gasteiger partial charge in [-0.2, -0.15) is 0 Å². The predicted molar refractivity (Wildman–Crippen MR) is 176 cm³/mol. The first-order valence-electron chi connectivity index (χ1n) is 17.0. The molecule has 1 N–H and O–H groups in total. The first kappa shape index (κ1) is 31.7. The van der Waals surface area contributed by atoms with Crippen molar-refractivity contribution in [2.24, 2.45) is 5.41 Å². The van der Waals surface area contributed by atoms with Crippen molar-refractivity contribution >= 4 is 22.8 Å². The van der Waals surface area contributed by atoms with E-state index in [1.807, 2.05) is 38.7 Å². The van der Waals surface area contributed by atoms with E-state index in [2.05, 4.69) is 52.0 Å². The van der Waals surface area contributed by atoms with Gasteiger partial charge in [-0.1, -0.05) is 52.0 Å². The van der Waals surface area contributed by atoms with Crippen molar-refractivity contribution in [3.63, 3.8) is 0 Å². The Morgan fingerprint density at radius 1 is 1.02 bits per heavy atom. The summed E-state index contributed by atoms with van der Waals surface area (Å²) in [5.41, 5.74) is 2.62. The zero-order valence-electron chi connectivity index (χ0n) is 27.7. The Balaban J connectivity index is 1.15. The van der Waals surface area contributed by atoms with Crippen molar-refractivity contribution in [3.05, 3.63) is 65.7 Å². The molecule has 3 aliphatic heterocycles. The van der Waals surface area contributed by atoms with Crippen LogP contribution in [0, 0.1) is 18.2 Å². The molecular formula is C37H50FN5O2. The fraction of sp³-hybridized carbons (Fsp3) is 0.595. The number of nitrogens with one attached hydrogen (secondary N) is 1. The van der Waals surface area contributed by atoms with E-state index in [0.29, 0.717) is 37.6 Å². The van der Waals surface area contributed by atoms with E-state index in [1.165, 1.54) is 24.4 Å². The van der Waals surface area contributed by atoms with Gasteiger partial charge in [-0.25, -0.2) is 9.37 Å². The fourth-order valence-electron chi connectivity index (χ4n) is 8.38. The molecule has 0 saturated carbocycles. The SMILES string of the molecule is CC[C@H](NC(=O)C(C)(C)C)C(=O)N1CCC(CCN2[C@@H]3CC[C@H]2C[C@@H](n2c(C)nc4ccccc42)C3)(c2cccc(F)c2)CC1. The minimum absolute atomic E-state index is 0.00891. The van der Waals surface area contributed by atoms with Crippen LogP contribution in [0.2, 0.25) is 0 Å². The molecule has 2 amide bonds. The van der Waals surface area contributed by atoms with Gasteiger partial charge in [-0.15, -0.1) is 0 Å². The second-order valence-electron chi connectivity index (χ2n) is 14.8. The molecule has 2 aromatic carbocycles. The van der Waals surface area contributed by atoms with Crippen LogP contribution in [-0.4, -0.2) is 68.9 Å². The Morgan fingerprint density at radius 2 is 1.71 bits per heavy atom. The molecule has 45 heavy (non-hydrogen) atoms. The van der Waals surface area contributed by atoms with Gasteiger partial charge in [0.2, 0.25) is 11.8 Å². The van der Waals surface area contributed by atoms with Gasteiger partial charge in [0, 0.05) is 36.6 Å². The monoisotopic (exact) mass is 615 g/mol. The highest BCUT2D eigenvalue weighted by molar-refractivity contribution is 5.89. The number of fused-ring (bicyclic) bond motifs is 3. The molecule has 3 aromatic rings. The average Bonchev–Trinajstić information content (AvgIpc) is 3.48. The maximum Gasteiger partial charge on any atom is 0.245 e. The number of hydrogen-bond donors (Lipinski definition) is 1. The molecule has 2 bridgehead atoms. The number of carbonyl (C=O) groups excluding carboxylic acids is 2. The van der Waals surface area contributed by atoms with E-state index in [9.17, 15) is 14.0 Å². The van der Waals surface area contributed by atoms with Crippen LogP contribution < -0.4 is 5.32 Å². The zero-order chi connectivity index (χ0) is 31.9. The molecule has 1 aromatic heterocycles. The molecule has 4 atom stereocenters. The number of hydrogen-bond acceptors (Lipinski definition) is 4. The lowest BCUT2D eigenvalue weighted by molar-refractivity contribution is -0.140. The molecule has 242 valence electrons. The molecule has 0 spiro atoms. The molecule has 7 nitrogen and oxygen atoms in total. The summed E-state index contributed by atoms with van der Waals surface area (Å²) in [4.78, 5) is 35.8. The highest BCUT2D eigenvalue weighted by Gasteiger charge is 2.44. The van der Waals surface area contributed by atoms with Crippen molar-refractivity contribution in [1.82, 2.24) is 24.7 Å². The summed E-state index contributed by atoms with van der Waals surface area (Å²) < 4.78 is 17.1. The summed E-state index contributed by atoms with van der Waals surface area (Å²) in [6.07, 6.45) is 7.79. The quantitative estimate of drug-likeness (QED) is 0.312. The normalized spacial score (nSPS) is 24.1. The second kappa shape index (κ2) is 12.5. The Bertz CT molecular complexity index is 1520. The average molecular weight is 616 g/mol. The number of piperidine rings is 2. The molecule has 6 rings (SSSR count). The third-order valence-corrected chi connectivity index (χ3v) is 11.0. The van der Waals surface area contributed by atoms with E-state index in [-0.39, 0.29) is 23.0 Å². The number of amides is 2. The smallest absolute Gasteiger partial charge is 0.245 e. The second-order valence-corrected chi connectivity index (χ2v) is 14.8. The van der Waals surface area contributed by atoms with E-state index < -0.39 is 11.5 Å². The van der Waals surface area contributed by atoms with Gasteiger partial charge in [-0.05, 0) is 100 Å². The number of para-hydroxylation sites is 2. The van der Waals surface area contributed by atoms with Gasteiger partial charge < -0.3 is 14.8 Å². The van der Waals surface area contributed by atoms with E-state index in [0.717, 1.165) is 55.6 Å². The molecule has 0 unspecified atom stereocenters. The number of aryl methyl sites for hydroxylation is 1. The van der Waals surface area contributed by atoms with Crippen LogP contribution in [0.5, 0.6) is 0 Å². The van der Waals surface area contributed by atoms with Crippen LogP contribution in [0.3, 0.4) is 0 Å². The number of nitrogens with zero attached hydrogens (tertiary/aromatic N) is 4. The van der Waals surface area contributed by atoms with Crippen LogP contribution in [0.25, 0.3) is 11.0 Å². The first-order chi connectivity index (χ1) is 21.5. The molecule has 0 radical (unpaired) electrons. The van der Waals surface area contributed by atoms with Crippen molar-refractivity contribution in [3.8, 4) is 0 Å². The number of aromatic nitrogens is 2. The van der Waals surface area contributed by atoms with E-state index in [4.69, 9.17) is 4.98 Å². The molecule has 3 fully saturated rings. The van der Waals surface area contributed by atoms with Crippen molar-refractivity contribution in [1.29, 1.82) is 0 Å². The summed E-state index contributed by atoms with van der Waals surface area (Å²) in [6.45, 7) is 11.9. The van der Waals surface area contributed by atoms with Crippen LogP contribution >= 0.6 is 0 Å². The summed E-state index contributed by atoms with van der Waals surface area (Å²) in [5.74, 6) is 0.780. The highest BCUT2D eigenvalue weighted by atomic mass is 19.1. The third-order valence-electron chi connectivity index (χ3n) is 11.0. The number of rotatable bonds is 8. The molecule has 4 heterocycles. The molecule has 3 saturated heterocycles. The van der Waals surface area contributed by atoms with Crippen molar-refractivity contribution < 1.29 is 14.0 Å².